The van der Waals surface area contributed by atoms with Crippen molar-refractivity contribution in [2.75, 3.05) is 12.4 Å². The number of aldehydes is 1. The molecule has 1 aromatic carbocycles. The molecule has 7 heteroatoms. The summed E-state index contributed by atoms with van der Waals surface area (Å²) < 4.78 is 6.18. The van der Waals surface area contributed by atoms with E-state index in [1.54, 1.807) is 17.8 Å². The maximum atomic E-state index is 11.5. The summed E-state index contributed by atoms with van der Waals surface area (Å²) in [7, 11) is 0. The van der Waals surface area contributed by atoms with Crippen LogP contribution in [-0.4, -0.2) is 28.7 Å². The van der Waals surface area contributed by atoms with Crippen LogP contribution in [-0.2, 0) is 4.79 Å². The van der Waals surface area contributed by atoms with Gasteiger partial charge in [-0.05, 0) is 36.8 Å². The van der Waals surface area contributed by atoms with Crippen LogP contribution < -0.4 is 4.74 Å². The number of nitrogens with one attached hydrogen (secondary N) is 1. The monoisotopic (exact) mass is 353 g/mol. The third kappa shape index (κ3) is 2.80. The summed E-state index contributed by atoms with van der Waals surface area (Å²) in [4.78, 5) is 15.8. The summed E-state index contributed by atoms with van der Waals surface area (Å²) in [5.41, 5.74) is 0.963. The van der Waals surface area contributed by atoms with Crippen molar-refractivity contribution in [1.82, 2.24) is 4.98 Å². The highest BCUT2D eigenvalue weighted by Crippen LogP contribution is 2.46. The molecular formula is C15H15NO3S3. The van der Waals surface area contributed by atoms with E-state index in [2.05, 4.69) is 4.98 Å². The fourth-order valence-electron chi connectivity index (χ4n) is 2.62. The zero-order valence-corrected chi connectivity index (χ0v) is 14.3. The van der Waals surface area contributed by atoms with Crippen molar-refractivity contribution in [3.8, 4) is 11.5 Å². The number of thioether (sulfide) groups is 1. The van der Waals surface area contributed by atoms with Gasteiger partial charge in [0.25, 0.3) is 0 Å². The number of benzene rings is 1. The first-order valence-corrected chi connectivity index (χ1v) is 9.12. The molecule has 1 aliphatic rings. The number of hydrogen-bond acceptors (Lipinski definition) is 6. The van der Waals surface area contributed by atoms with Crippen molar-refractivity contribution in [3.05, 3.63) is 32.6 Å². The lowest BCUT2D eigenvalue weighted by atomic mass is 9.86. The van der Waals surface area contributed by atoms with E-state index in [0.29, 0.717) is 18.1 Å². The van der Waals surface area contributed by atoms with Crippen molar-refractivity contribution >= 4 is 41.6 Å². The Bertz CT molecular complexity index is 753. The molecule has 1 aliphatic heterocycles. The first-order chi connectivity index (χ1) is 10.6. The number of carbonyl (C=O) groups is 1. The molecule has 22 heavy (non-hydrogen) atoms. The fraction of sp³-hybridized carbons (Fsp3) is 0.333. The van der Waals surface area contributed by atoms with Gasteiger partial charge in [-0.2, -0.15) is 0 Å². The number of fused-ring (bicyclic) bond motifs is 1. The normalized spacial score (nSPS) is 20.4. The van der Waals surface area contributed by atoms with Gasteiger partial charge < -0.3 is 19.6 Å². The van der Waals surface area contributed by atoms with Gasteiger partial charge in [0.2, 0.25) is 0 Å². The van der Waals surface area contributed by atoms with Gasteiger partial charge in [0.1, 0.15) is 6.29 Å². The number of phenols is 1. The topological polar surface area (TPSA) is 62.3 Å². The Kier molecular flexibility index (Phi) is 4.56. The molecule has 0 bridgehead atoms. The minimum atomic E-state index is -0.113. The molecule has 116 valence electrons. The van der Waals surface area contributed by atoms with Crippen molar-refractivity contribution in [2.45, 2.75) is 17.9 Å². The lowest BCUT2D eigenvalue weighted by Crippen LogP contribution is -2.21. The molecule has 0 amide bonds. The second kappa shape index (κ2) is 6.44. The largest absolute Gasteiger partial charge is 0.504 e. The molecule has 1 aromatic heterocycles. The number of rotatable bonds is 4. The van der Waals surface area contributed by atoms with Gasteiger partial charge in [0, 0.05) is 22.5 Å². The number of H-pyrrole nitrogens is 1. The lowest BCUT2D eigenvalue weighted by Gasteiger charge is -2.27. The molecule has 0 saturated heterocycles. The number of aromatic nitrogens is 1. The second-order valence-corrected chi connectivity index (χ2v) is 7.71. The summed E-state index contributed by atoms with van der Waals surface area (Å²) in [6, 6.07) is 5.29. The number of phenolic OH excluding ortho intramolecular Hbond substituents is 1. The van der Waals surface area contributed by atoms with Gasteiger partial charge in [-0.15, -0.1) is 23.1 Å². The molecule has 2 unspecified atom stereocenters. The molecule has 2 heterocycles. The van der Waals surface area contributed by atoms with Crippen LogP contribution in [0.1, 0.15) is 23.3 Å². The highest BCUT2D eigenvalue weighted by atomic mass is 32.2. The smallest absolute Gasteiger partial charge is 0.161 e. The van der Waals surface area contributed by atoms with Gasteiger partial charge in [-0.25, -0.2) is 0 Å². The van der Waals surface area contributed by atoms with E-state index in [0.717, 1.165) is 25.7 Å². The summed E-state index contributed by atoms with van der Waals surface area (Å²) >= 11 is 8.39. The van der Waals surface area contributed by atoms with Crippen LogP contribution in [0.15, 0.2) is 23.2 Å². The van der Waals surface area contributed by atoms with Crippen LogP contribution in [0.4, 0.5) is 0 Å². The minimum absolute atomic E-state index is 0.0495. The third-order valence-corrected chi connectivity index (χ3v) is 6.20. The molecule has 0 spiro atoms. The Hall–Kier alpha value is -1.31. The number of carbonyl (C=O) groups excluding carboxylic acids is 1. The molecule has 0 radical (unpaired) electrons. The van der Waals surface area contributed by atoms with Crippen molar-refractivity contribution < 1.29 is 14.6 Å². The second-order valence-electron chi connectivity index (χ2n) is 4.96. The fourth-order valence-corrected chi connectivity index (χ4v) is 5.43. The Morgan fingerprint density at radius 3 is 3.09 bits per heavy atom. The number of ether oxygens (including phenoxy) is 1. The van der Waals surface area contributed by atoms with Crippen molar-refractivity contribution in [2.24, 2.45) is 5.92 Å². The molecular weight excluding hydrogens is 338 g/mol. The Morgan fingerprint density at radius 1 is 1.55 bits per heavy atom. The number of aromatic amines is 1. The molecule has 0 saturated carbocycles. The van der Waals surface area contributed by atoms with E-state index in [1.165, 1.54) is 11.3 Å². The van der Waals surface area contributed by atoms with Crippen LogP contribution in [0, 0.1) is 9.87 Å². The van der Waals surface area contributed by atoms with Gasteiger partial charge in [-0.1, -0.05) is 6.07 Å². The number of thiazole rings is 1. The summed E-state index contributed by atoms with van der Waals surface area (Å²) in [6.07, 6.45) is 1.01. The van der Waals surface area contributed by atoms with Gasteiger partial charge >= 0.3 is 0 Å². The molecule has 4 nitrogen and oxygen atoms in total. The van der Waals surface area contributed by atoms with Crippen LogP contribution in [0.2, 0.25) is 0 Å². The van der Waals surface area contributed by atoms with E-state index in [4.69, 9.17) is 17.0 Å². The van der Waals surface area contributed by atoms with Gasteiger partial charge in [-0.3, -0.25) is 0 Å². The average molecular weight is 353 g/mol. The quantitative estimate of drug-likeness (QED) is 0.643. The van der Waals surface area contributed by atoms with Crippen LogP contribution in [0.3, 0.4) is 0 Å². The highest BCUT2D eigenvalue weighted by molar-refractivity contribution is 7.99. The summed E-state index contributed by atoms with van der Waals surface area (Å²) in [5, 5.41) is 10.9. The summed E-state index contributed by atoms with van der Waals surface area (Å²) in [6.45, 7) is 2.34. The number of hydrogen-bond donors (Lipinski definition) is 2. The maximum absolute atomic E-state index is 11.5. The average Bonchev–Trinajstić information content (AvgIpc) is 2.89. The molecule has 2 N–H and O–H groups in total. The first-order valence-electron chi connectivity index (χ1n) is 6.90. The van der Waals surface area contributed by atoms with E-state index in [1.807, 2.05) is 19.1 Å². The van der Waals surface area contributed by atoms with Crippen molar-refractivity contribution in [3.63, 3.8) is 0 Å². The van der Waals surface area contributed by atoms with E-state index in [9.17, 15) is 9.90 Å². The molecule has 0 fully saturated rings. The minimum Gasteiger partial charge on any atom is -0.504 e. The number of aromatic hydroxyl groups is 1. The maximum Gasteiger partial charge on any atom is 0.161 e. The van der Waals surface area contributed by atoms with Crippen LogP contribution in [0.5, 0.6) is 11.5 Å². The SMILES string of the molecule is CCOc1cc(C2c3sc(=S)[nH]c3SCC2C=O)ccc1O. The predicted molar refractivity (Wildman–Crippen MR) is 90.9 cm³/mol. The van der Waals surface area contributed by atoms with Gasteiger partial charge in [0.15, 0.2) is 15.5 Å². The predicted octanol–water partition coefficient (Wildman–Crippen LogP) is 3.96. The first kappa shape index (κ1) is 15.6. The standard InChI is InChI=1S/C15H15NO3S3/c1-2-19-11-5-8(3-4-10(11)18)12-9(6-17)7-21-14-13(12)22-15(20)16-14/h3-6,9,12,18H,2,7H2,1H3,(H,16,20). The molecule has 2 atom stereocenters. The van der Waals surface area contributed by atoms with E-state index >= 15 is 0 Å². The zero-order valence-electron chi connectivity index (χ0n) is 11.9. The highest BCUT2D eigenvalue weighted by Gasteiger charge is 2.33. The molecule has 0 aliphatic carbocycles. The van der Waals surface area contributed by atoms with E-state index in [-0.39, 0.29) is 17.6 Å². The van der Waals surface area contributed by atoms with Gasteiger partial charge in [0.05, 0.1) is 11.6 Å². The van der Waals surface area contributed by atoms with Crippen LogP contribution >= 0.6 is 35.3 Å². The molecule has 3 rings (SSSR count). The lowest BCUT2D eigenvalue weighted by molar-refractivity contribution is -0.110. The molecule has 2 aromatic rings. The zero-order chi connectivity index (χ0) is 15.7. The van der Waals surface area contributed by atoms with Crippen LogP contribution in [0.25, 0.3) is 0 Å². The third-order valence-electron chi connectivity index (χ3n) is 3.59. The summed E-state index contributed by atoms with van der Waals surface area (Å²) in [5.74, 6) is 1.11. The Balaban J connectivity index is 2.10. The Labute approximate surface area is 141 Å². The Morgan fingerprint density at radius 2 is 2.36 bits per heavy atom. The van der Waals surface area contributed by atoms with E-state index < -0.39 is 0 Å². The van der Waals surface area contributed by atoms with Crippen molar-refractivity contribution in [1.29, 1.82) is 0 Å².